The molecular formula is C64H74Cl4N12O8. The van der Waals surface area contributed by atoms with E-state index in [2.05, 4.69) is 124 Å². The lowest BCUT2D eigenvalue weighted by molar-refractivity contribution is 0.0173. The number of nitrogens with zero attached hydrogens (tertiary/aromatic N) is 6. The van der Waals surface area contributed by atoms with Crippen LogP contribution in [0.1, 0.15) is 45.2 Å². The smallest absolute Gasteiger partial charge is 0.319 e. The summed E-state index contributed by atoms with van der Waals surface area (Å²) >= 11 is 26.1. The number of benzene rings is 5. The van der Waals surface area contributed by atoms with E-state index in [4.69, 9.17) is 74.8 Å². The van der Waals surface area contributed by atoms with Gasteiger partial charge in [0.15, 0.2) is 0 Å². The van der Waals surface area contributed by atoms with Gasteiger partial charge in [0.25, 0.3) is 0 Å². The van der Waals surface area contributed by atoms with Crippen LogP contribution in [0.4, 0.5) is 32.6 Å². The second kappa shape index (κ2) is 34.3. The van der Waals surface area contributed by atoms with Crippen molar-refractivity contribution < 1.29 is 38.0 Å². The van der Waals surface area contributed by atoms with E-state index in [1.54, 1.807) is 36.9 Å². The van der Waals surface area contributed by atoms with E-state index in [-0.39, 0.29) is 23.9 Å². The molecule has 24 heteroatoms. The molecule has 466 valence electrons. The van der Waals surface area contributed by atoms with Crippen LogP contribution in [0.2, 0.25) is 20.1 Å². The zero-order chi connectivity index (χ0) is 61.5. The molecule has 0 bridgehead atoms. The fourth-order valence-electron chi connectivity index (χ4n) is 10.4. The SMILES string of the molecule is CN1Cc2c(Cl)cc(Cl)cc2[C@H](c2cccc(-c3cc(NCCOCCOCCOCCNC(=O)Nc4ccc(NC(=O)NCCOCCOCCOCCNc5cc(-c6cccc([C@@H]7CN(C)Cc8c(Cl)cc(Cl)cc87)c6)ncn5)cc4)ncn3)c2)C1. The van der Waals surface area contributed by atoms with Gasteiger partial charge in [0.1, 0.15) is 24.3 Å². The van der Waals surface area contributed by atoms with Gasteiger partial charge in [-0.2, -0.15) is 0 Å². The van der Waals surface area contributed by atoms with Crippen molar-refractivity contribution in [2.45, 2.75) is 24.9 Å². The molecule has 4 amide bonds. The van der Waals surface area contributed by atoms with Crippen LogP contribution in [0.3, 0.4) is 0 Å². The van der Waals surface area contributed by atoms with Crippen molar-refractivity contribution >= 4 is 81.5 Å². The first-order chi connectivity index (χ1) is 42.9. The molecule has 0 spiro atoms. The van der Waals surface area contributed by atoms with Crippen LogP contribution in [-0.4, -0.2) is 174 Å². The summed E-state index contributed by atoms with van der Waals surface area (Å²) in [4.78, 5) is 47.3. The first-order valence-corrected chi connectivity index (χ1v) is 30.7. The quantitative estimate of drug-likeness (QED) is 0.0216. The number of carbonyl (C=O) groups is 2. The minimum Gasteiger partial charge on any atom is -0.377 e. The molecule has 0 saturated carbocycles. The fourth-order valence-corrected chi connectivity index (χ4v) is 11.5. The van der Waals surface area contributed by atoms with E-state index in [0.717, 1.165) is 70.9 Å². The van der Waals surface area contributed by atoms with Crippen LogP contribution in [-0.2, 0) is 41.5 Å². The zero-order valence-electron chi connectivity index (χ0n) is 49.3. The first kappa shape index (κ1) is 65.7. The molecule has 2 aromatic heterocycles. The highest BCUT2D eigenvalue weighted by atomic mass is 35.5. The minimum absolute atomic E-state index is 0.124. The Bertz CT molecular complexity index is 3170. The van der Waals surface area contributed by atoms with Crippen molar-refractivity contribution in [3.05, 3.63) is 175 Å². The van der Waals surface area contributed by atoms with Gasteiger partial charge in [0.2, 0.25) is 0 Å². The standard InChI is InChI=1S/C64H74Cl4N12O8/c1-79-37-53(51-31-47(65)33-57(67)55(51)39-79)43-5-3-7-45(29-43)59-35-61(75-41-73-59)69-13-17-83-21-25-87-27-23-85-19-15-71-63(81)77-49-9-11-50(12-10-49)78-64(82)72-16-20-86-24-28-88-26-22-84-18-14-70-62-36-60(74-42-76-62)46-8-4-6-44(30-46)54-38-80(2)40-56-52(54)32-48(66)34-58(56)68/h3-12,29-36,41-42,53-54H,13-28,37-40H2,1-2H3,(H,69,73,75)(H,70,74,76)(H2,71,77,81)(H2,72,78,82)/t53-,54-/m0/s1. The van der Waals surface area contributed by atoms with Gasteiger partial charge in [-0.15, -0.1) is 0 Å². The van der Waals surface area contributed by atoms with E-state index in [9.17, 15) is 9.59 Å². The van der Waals surface area contributed by atoms with Gasteiger partial charge in [-0.25, -0.2) is 29.5 Å². The first-order valence-electron chi connectivity index (χ1n) is 29.2. The van der Waals surface area contributed by atoms with Gasteiger partial charge in [0, 0.05) is 119 Å². The summed E-state index contributed by atoms with van der Waals surface area (Å²) in [6.07, 6.45) is 3.12. The average molecular weight is 1280 g/mol. The van der Waals surface area contributed by atoms with E-state index >= 15 is 0 Å². The maximum absolute atomic E-state index is 12.4. The van der Waals surface area contributed by atoms with Gasteiger partial charge in [0.05, 0.1) is 90.7 Å². The van der Waals surface area contributed by atoms with E-state index < -0.39 is 0 Å². The number of amides is 4. The summed E-state index contributed by atoms with van der Waals surface area (Å²) in [6, 6.07) is 34.4. The molecule has 2 atom stereocenters. The van der Waals surface area contributed by atoms with Gasteiger partial charge < -0.3 is 70.1 Å². The highest BCUT2D eigenvalue weighted by molar-refractivity contribution is 6.35. The number of hydrogen-bond acceptors (Lipinski definition) is 16. The van der Waals surface area contributed by atoms with Gasteiger partial charge >= 0.3 is 12.1 Å². The summed E-state index contributed by atoms with van der Waals surface area (Å²) in [5.41, 5.74) is 11.6. The van der Waals surface area contributed by atoms with Gasteiger partial charge in [-0.05, 0) is 108 Å². The Morgan fingerprint density at radius 2 is 0.841 bits per heavy atom. The number of halogens is 4. The Morgan fingerprint density at radius 1 is 0.466 bits per heavy atom. The van der Waals surface area contributed by atoms with Crippen molar-refractivity contribution in [1.82, 2.24) is 40.4 Å². The molecule has 7 aromatic rings. The summed E-state index contributed by atoms with van der Waals surface area (Å²) in [6.45, 7) is 9.78. The molecule has 5 aromatic carbocycles. The average Bonchev–Trinajstić information content (AvgIpc) is 2.09. The number of likely N-dealkylation sites (N-methyl/N-ethyl adjacent to an activating group) is 2. The summed E-state index contributed by atoms with van der Waals surface area (Å²) in [7, 11) is 4.21. The minimum atomic E-state index is -0.382. The Labute approximate surface area is 533 Å². The zero-order valence-corrected chi connectivity index (χ0v) is 52.3. The molecule has 6 N–H and O–H groups in total. The second-order valence-corrected chi connectivity index (χ2v) is 22.8. The molecule has 0 aliphatic carbocycles. The number of anilines is 4. The number of aromatic nitrogens is 4. The van der Waals surface area contributed by atoms with Crippen LogP contribution in [0.5, 0.6) is 0 Å². The predicted octanol–water partition coefficient (Wildman–Crippen LogP) is 10.9. The molecule has 0 radical (unpaired) electrons. The largest absolute Gasteiger partial charge is 0.377 e. The topological polar surface area (TPSA) is 220 Å². The Balaban J connectivity index is 0.535. The lowest BCUT2D eigenvalue weighted by Crippen LogP contribution is -2.32. The highest BCUT2D eigenvalue weighted by Crippen LogP contribution is 2.41. The number of nitrogens with one attached hydrogen (secondary N) is 6. The Morgan fingerprint density at radius 3 is 1.24 bits per heavy atom. The summed E-state index contributed by atoms with van der Waals surface area (Å²) in [5.74, 6) is 1.65. The molecule has 9 rings (SSSR count). The third-order valence-electron chi connectivity index (χ3n) is 14.5. The van der Waals surface area contributed by atoms with E-state index in [1.807, 2.05) is 36.4 Å². The lowest BCUT2D eigenvalue weighted by atomic mass is 9.84. The Kier molecular flexibility index (Phi) is 25.6. The van der Waals surface area contributed by atoms with Crippen LogP contribution >= 0.6 is 46.4 Å². The molecule has 88 heavy (non-hydrogen) atoms. The molecule has 0 fully saturated rings. The number of fused-ring (bicyclic) bond motifs is 2. The number of urea groups is 2. The van der Waals surface area contributed by atoms with Crippen LogP contribution in [0.25, 0.3) is 22.5 Å². The molecule has 2 aliphatic heterocycles. The predicted molar refractivity (Wildman–Crippen MR) is 347 cm³/mol. The summed E-state index contributed by atoms with van der Waals surface area (Å²) < 4.78 is 33.9. The van der Waals surface area contributed by atoms with Crippen molar-refractivity contribution in [2.75, 3.05) is 154 Å². The number of hydrogen-bond donors (Lipinski definition) is 6. The summed E-state index contributed by atoms with van der Waals surface area (Å²) in [5, 5.41) is 20.3. The number of rotatable bonds is 32. The van der Waals surface area contributed by atoms with Gasteiger partial charge in [-0.3, -0.25) is 0 Å². The van der Waals surface area contributed by atoms with Crippen molar-refractivity contribution in [1.29, 1.82) is 0 Å². The third-order valence-corrected chi connectivity index (χ3v) is 15.7. The Hall–Kier alpha value is -6.76. The lowest BCUT2D eigenvalue weighted by Gasteiger charge is -2.33. The van der Waals surface area contributed by atoms with Crippen LogP contribution in [0.15, 0.2) is 122 Å². The normalized spacial score (nSPS) is 14.8. The van der Waals surface area contributed by atoms with Crippen molar-refractivity contribution in [2.24, 2.45) is 0 Å². The maximum Gasteiger partial charge on any atom is 0.319 e. The molecule has 2 aliphatic rings. The third kappa shape index (κ3) is 20.1. The number of carbonyl (C=O) groups excluding carboxylic acids is 2. The van der Waals surface area contributed by atoms with E-state index in [0.29, 0.717) is 149 Å². The molecular weight excluding hydrogens is 1210 g/mol. The van der Waals surface area contributed by atoms with Crippen LogP contribution in [0, 0.1) is 0 Å². The van der Waals surface area contributed by atoms with Gasteiger partial charge in [-0.1, -0.05) is 82.8 Å². The molecule has 4 heterocycles. The fraction of sp³-hybridized carbons (Fsp3) is 0.375. The van der Waals surface area contributed by atoms with Crippen molar-refractivity contribution in [3.8, 4) is 22.5 Å². The maximum atomic E-state index is 12.4. The molecule has 0 unspecified atom stereocenters. The highest BCUT2D eigenvalue weighted by Gasteiger charge is 2.29. The second-order valence-electron chi connectivity index (χ2n) is 21.1. The van der Waals surface area contributed by atoms with Crippen molar-refractivity contribution in [3.63, 3.8) is 0 Å². The van der Waals surface area contributed by atoms with E-state index in [1.165, 1.54) is 11.1 Å². The van der Waals surface area contributed by atoms with Crippen LogP contribution < -0.4 is 31.9 Å². The molecule has 0 saturated heterocycles. The molecule has 20 nitrogen and oxygen atoms in total. The monoisotopic (exact) mass is 1280 g/mol. The number of ether oxygens (including phenoxy) is 6.